The number of aromatic hydroxyl groups is 1. The van der Waals surface area contributed by atoms with Crippen LogP contribution in [0.5, 0.6) is 5.75 Å². The number of rotatable bonds is 3. The number of thioether (sulfide) groups is 1. The summed E-state index contributed by atoms with van der Waals surface area (Å²) in [5, 5.41) is 12.1. The molecule has 6 nitrogen and oxygen atoms in total. The summed E-state index contributed by atoms with van der Waals surface area (Å²) in [5.74, 6) is 0.148. The fraction of sp³-hybridized carbons (Fsp3) is 0.300. The average Bonchev–Trinajstić information content (AvgIpc) is 2.68. The molecule has 1 fully saturated rings. The molecule has 2 heterocycles. The molecule has 2 aliphatic rings. The molecule has 2 aromatic rings. The van der Waals surface area contributed by atoms with Crippen molar-refractivity contribution in [3.63, 3.8) is 0 Å². The maximum absolute atomic E-state index is 12.7. The van der Waals surface area contributed by atoms with Crippen molar-refractivity contribution in [2.24, 2.45) is 0 Å². The second-order valence-electron chi connectivity index (χ2n) is 6.68. The fourth-order valence-corrected chi connectivity index (χ4v) is 4.52. The largest absolute Gasteiger partial charge is 0.508 e. The Morgan fingerprint density at radius 2 is 1.89 bits per heavy atom. The van der Waals surface area contributed by atoms with Crippen LogP contribution in [0.15, 0.2) is 53.4 Å². The predicted octanol–water partition coefficient (Wildman–Crippen LogP) is 2.54. The summed E-state index contributed by atoms with van der Waals surface area (Å²) >= 11 is 1.46. The van der Waals surface area contributed by atoms with Crippen LogP contribution in [0, 0.1) is 0 Å². The van der Waals surface area contributed by atoms with E-state index in [0.717, 1.165) is 16.3 Å². The van der Waals surface area contributed by atoms with Crippen molar-refractivity contribution in [2.75, 3.05) is 36.4 Å². The number of phenolic OH excluding ortho intramolecular Hbond substituents is 1. The van der Waals surface area contributed by atoms with E-state index in [9.17, 15) is 14.7 Å². The standard InChI is InChI=1S/C20H21N3O3S/c24-15-5-3-4-14(12-15)22-8-10-23(11-9-22)19(25)13-18-20(26)21-16-6-1-2-7-17(16)27-18/h1-7,12,18,24H,8-11,13H2,(H,21,26)/t18-/m0/s1. The lowest BCUT2D eigenvalue weighted by molar-refractivity contribution is -0.132. The number of phenols is 1. The van der Waals surface area contributed by atoms with Crippen LogP contribution in [0.4, 0.5) is 11.4 Å². The summed E-state index contributed by atoms with van der Waals surface area (Å²) in [4.78, 5) is 30.0. The molecule has 1 atom stereocenters. The predicted molar refractivity (Wildman–Crippen MR) is 106 cm³/mol. The van der Waals surface area contributed by atoms with Gasteiger partial charge in [0.05, 0.1) is 10.9 Å². The third kappa shape index (κ3) is 3.88. The third-order valence-corrected chi connectivity index (χ3v) is 6.17. The minimum atomic E-state index is -0.392. The first-order valence-electron chi connectivity index (χ1n) is 8.98. The Hall–Kier alpha value is -2.67. The van der Waals surface area contributed by atoms with E-state index >= 15 is 0 Å². The number of carbonyl (C=O) groups excluding carboxylic acids is 2. The molecule has 0 radical (unpaired) electrons. The molecule has 0 saturated carbocycles. The number of hydrogen-bond donors (Lipinski definition) is 2. The highest BCUT2D eigenvalue weighted by molar-refractivity contribution is 8.01. The number of anilines is 2. The molecule has 1 saturated heterocycles. The van der Waals surface area contributed by atoms with Crippen LogP contribution in [-0.4, -0.2) is 53.2 Å². The minimum absolute atomic E-state index is 0.0117. The molecule has 2 aromatic carbocycles. The summed E-state index contributed by atoms with van der Waals surface area (Å²) in [5.41, 5.74) is 1.77. The maximum Gasteiger partial charge on any atom is 0.238 e. The molecule has 7 heteroatoms. The second kappa shape index (κ2) is 7.52. The summed E-state index contributed by atoms with van der Waals surface area (Å²) in [7, 11) is 0. The Labute approximate surface area is 162 Å². The fourth-order valence-electron chi connectivity index (χ4n) is 3.42. The van der Waals surface area contributed by atoms with Gasteiger partial charge in [-0.15, -0.1) is 11.8 Å². The zero-order valence-electron chi connectivity index (χ0n) is 14.8. The molecule has 0 bridgehead atoms. The molecule has 140 valence electrons. The quantitative estimate of drug-likeness (QED) is 0.852. The van der Waals surface area contributed by atoms with E-state index in [1.807, 2.05) is 41.3 Å². The van der Waals surface area contributed by atoms with Gasteiger partial charge in [-0.1, -0.05) is 18.2 Å². The molecule has 2 aliphatic heterocycles. The number of nitrogens with one attached hydrogen (secondary N) is 1. The van der Waals surface area contributed by atoms with E-state index in [4.69, 9.17) is 0 Å². The maximum atomic E-state index is 12.7. The van der Waals surface area contributed by atoms with Gasteiger partial charge in [0.25, 0.3) is 0 Å². The Morgan fingerprint density at radius 1 is 1.11 bits per heavy atom. The molecule has 0 spiro atoms. The van der Waals surface area contributed by atoms with Crippen LogP contribution in [0.3, 0.4) is 0 Å². The molecule has 0 aliphatic carbocycles. The summed E-state index contributed by atoms with van der Waals surface area (Å²) in [6, 6.07) is 14.8. The topological polar surface area (TPSA) is 72.9 Å². The lowest BCUT2D eigenvalue weighted by Crippen LogP contribution is -2.49. The summed E-state index contributed by atoms with van der Waals surface area (Å²) < 4.78 is 0. The second-order valence-corrected chi connectivity index (χ2v) is 7.93. The summed E-state index contributed by atoms with van der Waals surface area (Å²) in [6.45, 7) is 2.65. The van der Waals surface area contributed by atoms with E-state index in [-0.39, 0.29) is 24.0 Å². The molecule has 0 aromatic heterocycles. The normalized spacial score (nSPS) is 19.4. The highest BCUT2D eigenvalue weighted by Crippen LogP contribution is 2.36. The van der Waals surface area contributed by atoms with Crippen molar-refractivity contribution in [1.29, 1.82) is 0 Å². The number of nitrogens with zero attached hydrogens (tertiary/aromatic N) is 2. The van der Waals surface area contributed by atoms with Gasteiger partial charge >= 0.3 is 0 Å². The van der Waals surface area contributed by atoms with Gasteiger partial charge in [-0.2, -0.15) is 0 Å². The number of piperazine rings is 1. The van der Waals surface area contributed by atoms with E-state index in [1.54, 1.807) is 12.1 Å². The highest BCUT2D eigenvalue weighted by atomic mass is 32.2. The molecule has 2 amide bonds. The molecular weight excluding hydrogens is 362 g/mol. The van der Waals surface area contributed by atoms with E-state index in [0.29, 0.717) is 26.2 Å². The van der Waals surface area contributed by atoms with Crippen molar-refractivity contribution in [3.05, 3.63) is 48.5 Å². The Morgan fingerprint density at radius 3 is 2.67 bits per heavy atom. The first kappa shape index (κ1) is 17.7. The lowest BCUT2D eigenvalue weighted by atomic mass is 10.2. The van der Waals surface area contributed by atoms with Crippen LogP contribution in [-0.2, 0) is 9.59 Å². The van der Waals surface area contributed by atoms with E-state index < -0.39 is 5.25 Å². The molecular formula is C20H21N3O3S. The Balaban J connectivity index is 1.34. The lowest BCUT2D eigenvalue weighted by Gasteiger charge is -2.36. The number of benzene rings is 2. The third-order valence-electron chi connectivity index (χ3n) is 4.89. The van der Waals surface area contributed by atoms with Crippen LogP contribution in [0.25, 0.3) is 0 Å². The Bertz CT molecular complexity index is 865. The van der Waals surface area contributed by atoms with Crippen LogP contribution in [0.1, 0.15) is 6.42 Å². The van der Waals surface area contributed by atoms with Gasteiger partial charge in [0, 0.05) is 49.2 Å². The van der Waals surface area contributed by atoms with Gasteiger partial charge in [-0.3, -0.25) is 9.59 Å². The Kier molecular flexibility index (Phi) is 4.94. The summed E-state index contributed by atoms with van der Waals surface area (Å²) in [6.07, 6.45) is 0.205. The average molecular weight is 383 g/mol. The van der Waals surface area contributed by atoms with Crippen LogP contribution < -0.4 is 10.2 Å². The van der Waals surface area contributed by atoms with Gasteiger partial charge in [-0.05, 0) is 24.3 Å². The first-order valence-corrected chi connectivity index (χ1v) is 9.86. The number of amides is 2. The molecule has 2 N–H and O–H groups in total. The van der Waals surface area contributed by atoms with Gasteiger partial charge in [-0.25, -0.2) is 0 Å². The number of fused-ring (bicyclic) bond motifs is 1. The number of para-hydroxylation sites is 1. The minimum Gasteiger partial charge on any atom is -0.508 e. The zero-order valence-corrected chi connectivity index (χ0v) is 15.6. The number of hydrogen-bond acceptors (Lipinski definition) is 5. The van der Waals surface area contributed by atoms with Crippen molar-refractivity contribution in [1.82, 2.24) is 4.90 Å². The van der Waals surface area contributed by atoms with E-state index in [2.05, 4.69) is 10.2 Å². The molecule has 0 unspecified atom stereocenters. The van der Waals surface area contributed by atoms with Gasteiger partial charge < -0.3 is 20.2 Å². The number of carbonyl (C=O) groups is 2. The first-order chi connectivity index (χ1) is 13.1. The van der Waals surface area contributed by atoms with Crippen molar-refractivity contribution < 1.29 is 14.7 Å². The van der Waals surface area contributed by atoms with Crippen LogP contribution >= 0.6 is 11.8 Å². The highest BCUT2D eigenvalue weighted by Gasteiger charge is 2.31. The van der Waals surface area contributed by atoms with Gasteiger partial charge in [0.2, 0.25) is 11.8 Å². The smallest absolute Gasteiger partial charge is 0.238 e. The monoisotopic (exact) mass is 383 g/mol. The van der Waals surface area contributed by atoms with Crippen LogP contribution in [0.2, 0.25) is 0 Å². The van der Waals surface area contributed by atoms with E-state index in [1.165, 1.54) is 11.8 Å². The van der Waals surface area contributed by atoms with Gasteiger partial charge in [0.1, 0.15) is 5.75 Å². The van der Waals surface area contributed by atoms with Crippen molar-refractivity contribution in [2.45, 2.75) is 16.6 Å². The molecule has 27 heavy (non-hydrogen) atoms. The van der Waals surface area contributed by atoms with Crippen molar-refractivity contribution >= 4 is 35.0 Å². The zero-order chi connectivity index (χ0) is 18.8. The SMILES string of the molecule is O=C1Nc2ccccc2S[C@H]1CC(=O)N1CCN(c2cccc(O)c2)CC1. The molecule has 4 rings (SSSR count). The van der Waals surface area contributed by atoms with Crippen molar-refractivity contribution in [3.8, 4) is 5.75 Å². The van der Waals surface area contributed by atoms with Gasteiger partial charge in [0.15, 0.2) is 0 Å².